The van der Waals surface area contributed by atoms with Gasteiger partial charge in [0.2, 0.25) is 5.95 Å². The van der Waals surface area contributed by atoms with Crippen LogP contribution in [0.2, 0.25) is 0 Å². The Morgan fingerprint density at radius 1 is 1.47 bits per heavy atom. The second-order valence-corrected chi connectivity index (χ2v) is 4.85. The van der Waals surface area contributed by atoms with Crippen LogP contribution in [0.5, 0.6) is 0 Å². The zero-order valence-corrected chi connectivity index (χ0v) is 10.9. The third-order valence-electron chi connectivity index (χ3n) is 3.27. The molecule has 2 rings (SSSR count). The standard InChI is InChI=1S/C12H22N4O/c1-15(2)12-13-8-10(16(12)3)9-14-17-11-6-4-5-7-11/h8,11,14H,4-7,9H2,1-3H3. The van der Waals surface area contributed by atoms with Crippen molar-refractivity contribution in [1.29, 1.82) is 0 Å². The molecule has 0 aliphatic heterocycles. The van der Waals surface area contributed by atoms with Gasteiger partial charge in [-0.05, 0) is 12.8 Å². The van der Waals surface area contributed by atoms with E-state index in [1.54, 1.807) is 0 Å². The van der Waals surface area contributed by atoms with E-state index < -0.39 is 0 Å². The fourth-order valence-corrected chi connectivity index (χ4v) is 2.25. The van der Waals surface area contributed by atoms with Crippen molar-refractivity contribution in [3.05, 3.63) is 11.9 Å². The molecule has 1 aliphatic rings. The van der Waals surface area contributed by atoms with Gasteiger partial charge in [-0.1, -0.05) is 12.8 Å². The Bertz CT molecular complexity index is 355. The number of imidazole rings is 1. The van der Waals surface area contributed by atoms with Crippen LogP contribution in [0.15, 0.2) is 6.20 Å². The molecule has 5 heteroatoms. The summed E-state index contributed by atoms with van der Waals surface area (Å²) in [5.74, 6) is 0.961. The summed E-state index contributed by atoms with van der Waals surface area (Å²) >= 11 is 0. The van der Waals surface area contributed by atoms with Crippen molar-refractivity contribution in [2.24, 2.45) is 7.05 Å². The molecule has 0 spiro atoms. The molecule has 1 aromatic heterocycles. The molecule has 1 aliphatic carbocycles. The van der Waals surface area contributed by atoms with Gasteiger partial charge in [-0.15, -0.1) is 0 Å². The SMILES string of the molecule is CN(C)c1ncc(CNOC2CCCC2)n1C. The predicted octanol–water partition coefficient (Wildman–Crippen LogP) is 1.45. The molecule has 0 aromatic carbocycles. The second kappa shape index (κ2) is 5.51. The lowest BCUT2D eigenvalue weighted by Gasteiger charge is -2.14. The number of aromatic nitrogens is 2. The Morgan fingerprint density at radius 2 is 2.18 bits per heavy atom. The Labute approximate surface area is 103 Å². The number of rotatable bonds is 5. The second-order valence-electron chi connectivity index (χ2n) is 4.85. The predicted molar refractivity (Wildman–Crippen MR) is 67.7 cm³/mol. The van der Waals surface area contributed by atoms with Gasteiger partial charge in [0.15, 0.2) is 0 Å². The van der Waals surface area contributed by atoms with Crippen molar-refractivity contribution in [3.63, 3.8) is 0 Å². The average Bonchev–Trinajstić information content (AvgIpc) is 2.89. The average molecular weight is 238 g/mol. The van der Waals surface area contributed by atoms with Crippen LogP contribution in [0, 0.1) is 0 Å². The Hall–Kier alpha value is -1.07. The first-order valence-corrected chi connectivity index (χ1v) is 6.25. The van der Waals surface area contributed by atoms with Crippen molar-refractivity contribution in [2.75, 3.05) is 19.0 Å². The summed E-state index contributed by atoms with van der Waals surface area (Å²) in [4.78, 5) is 12.0. The molecule has 1 aromatic rings. The van der Waals surface area contributed by atoms with Crippen molar-refractivity contribution in [1.82, 2.24) is 15.0 Å². The van der Waals surface area contributed by atoms with E-state index in [0.29, 0.717) is 12.6 Å². The molecular formula is C12H22N4O. The van der Waals surface area contributed by atoms with Gasteiger partial charge in [-0.25, -0.2) is 4.98 Å². The quantitative estimate of drug-likeness (QED) is 0.788. The first-order chi connectivity index (χ1) is 8.18. The fraction of sp³-hybridized carbons (Fsp3) is 0.750. The van der Waals surface area contributed by atoms with Crippen LogP contribution >= 0.6 is 0 Å². The molecule has 17 heavy (non-hydrogen) atoms. The fourth-order valence-electron chi connectivity index (χ4n) is 2.25. The van der Waals surface area contributed by atoms with Crippen molar-refractivity contribution in [3.8, 4) is 0 Å². The van der Waals surface area contributed by atoms with E-state index in [1.165, 1.54) is 25.7 Å². The highest BCUT2D eigenvalue weighted by molar-refractivity contribution is 5.30. The molecule has 1 saturated carbocycles. The van der Waals surface area contributed by atoms with Crippen LogP contribution in [-0.4, -0.2) is 29.8 Å². The van der Waals surface area contributed by atoms with Gasteiger partial charge in [-0.2, -0.15) is 5.48 Å². The summed E-state index contributed by atoms with van der Waals surface area (Å²) in [6.07, 6.45) is 7.24. The molecule has 1 fully saturated rings. The Balaban J connectivity index is 1.82. The number of hydroxylamine groups is 1. The molecular weight excluding hydrogens is 216 g/mol. The third-order valence-corrected chi connectivity index (χ3v) is 3.27. The maximum Gasteiger partial charge on any atom is 0.204 e. The van der Waals surface area contributed by atoms with E-state index >= 15 is 0 Å². The van der Waals surface area contributed by atoms with Crippen LogP contribution < -0.4 is 10.4 Å². The lowest BCUT2D eigenvalue weighted by Crippen LogP contribution is -2.23. The van der Waals surface area contributed by atoms with Gasteiger partial charge in [0, 0.05) is 21.1 Å². The van der Waals surface area contributed by atoms with E-state index in [2.05, 4.69) is 15.0 Å². The van der Waals surface area contributed by atoms with E-state index in [4.69, 9.17) is 4.84 Å². The minimum Gasteiger partial charge on any atom is -0.348 e. The van der Waals surface area contributed by atoms with Crippen molar-refractivity contribution in [2.45, 2.75) is 38.3 Å². The topological polar surface area (TPSA) is 42.3 Å². The van der Waals surface area contributed by atoms with Crippen LogP contribution in [-0.2, 0) is 18.4 Å². The highest BCUT2D eigenvalue weighted by Crippen LogP contribution is 2.20. The highest BCUT2D eigenvalue weighted by Gasteiger charge is 2.15. The van der Waals surface area contributed by atoms with Gasteiger partial charge in [0.1, 0.15) is 0 Å². The largest absolute Gasteiger partial charge is 0.348 e. The molecule has 0 unspecified atom stereocenters. The summed E-state index contributed by atoms with van der Waals surface area (Å²) in [5, 5.41) is 0. The summed E-state index contributed by atoms with van der Waals surface area (Å²) in [6.45, 7) is 0.702. The van der Waals surface area contributed by atoms with Crippen LogP contribution in [0.1, 0.15) is 31.4 Å². The molecule has 0 amide bonds. The zero-order chi connectivity index (χ0) is 12.3. The number of hydrogen-bond acceptors (Lipinski definition) is 4. The van der Waals surface area contributed by atoms with Gasteiger partial charge < -0.3 is 9.47 Å². The van der Waals surface area contributed by atoms with E-state index in [-0.39, 0.29) is 0 Å². The molecule has 0 radical (unpaired) electrons. The van der Waals surface area contributed by atoms with E-state index in [1.807, 2.05) is 32.2 Å². The first-order valence-electron chi connectivity index (χ1n) is 6.25. The minimum absolute atomic E-state index is 0.400. The molecule has 96 valence electrons. The smallest absolute Gasteiger partial charge is 0.204 e. The molecule has 1 heterocycles. The number of anilines is 1. The van der Waals surface area contributed by atoms with Gasteiger partial charge >= 0.3 is 0 Å². The van der Waals surface area contributed by atoms with E-state index in [0.717, 1.165) is 11.6 Å². The van der Waals surface area contributed by atoms with E-state index in [9.17, 15) is 0 Å². The number of nitrogens with one attached hydrogen (secondary N) is 1. The minimum atomic E-state index is 0.400. The Kier molecular flexibility index (Phi) is 4.02. The molecule has 0 atom stereocenters. The lowest BCUT2D eigenvalue weighted by molar-refractivity contribution is -0.0251. The van der Waals surface area contributed by atoms with Gasteiger partial charge in [0.05, 0.1) is 24.5 Å². The van der Waals surface area contributed by atoms with Gasteiger partial charge in [0.25, 0.3) is 0 Å². The number of nitrogens with zero attached hydrogens (tertiary/aromatic N) is 3. The van der Waals surface area contributed by atoms with Crippen LogP contribution in [0.4, 0.5) is 5.95 Å². The monoisotopic (exact) mass is 238 g/mol. The summed E-state index contributed by atoms with van der Waals surface area (Å²) in [5.41, 5.74) is 4.19. The normalized spacial score (nSPS) is 16.6. The van der Waals surface area contributed by atoms with Crippen LogP contribution in [0.25, 0.3) is 0 Å². The molecule has 5 nitrogen and oxygen atoms in total. The van der Waals surface area contributed by atoms with Crippen molar-refractivity contribution < 1.29 is 4.84 Å². The summed E-state index contributed by atoms with van der Waals surface area (Å²) in [7, 11) is 6.01. The molecule has 0 saturated heterocycles. The van der Waals surface area contributed by atoms with Gasteiger partial charge in [-0.3, -0.25) is 4.84 Å². The number of hydrogen-bond donors (Lipinski definition) is 1. The maximum absolute atomic E-state index is 5.63. The molecule has 0 bridgehead atoms. The third kappa shape index (κ3) is 2.98. The highest BCUT2D eigenvalue weighted by atomic mass is 16.7. The maximum atomic E-state index is 5.63. The zero-order valence-electron chi connectivity index (χ0n) is 10.9. The first kappa shape index (κ1) is 12.4. The van der Waals surface area contributed by atoms with Crippen LogP contribution in [0.3, 0.4) is 0 Å². The summed E-state index contributed by atoms with van der Waals surface area (Å²) in [6, 6.07) is 0. The summed E-state index contributed by atoms with van der Waals surface area (Å²) < 4.78 is 2.07. The lowest BCUT2D eigenvalue weighted by atomic mass is 10.3. The Morgan fingerprint density at radius 3 is 2.76 bits per heavy atom. The molecule has 1 N–H and O–H groups in total. The van der Waals surface area contributed by atoms with Crippen molar-refractivity contribution >= 4 is 5.95 Å².